The second-order valence-electron chi connectivity index (χ2n) is 8.01. The van der Waals surface area contributed by atoms with Crippen LogP contribution in [0.3, 0.4) is 0 Å². The van der Waals surface area contributed by atoms with E-state index >= 15 is 0 Å². The van der Waals surface area contributed by atoms with Crippen LogP contribution in [0, 0.1) is 5.92 Å². The molecule has 1 amide bonds. The molecule has 0 saturated carbocycles. The molecule has 1 aromatic heterocycles. The van der Waals surface area contributed by atoms with Crippen molar-refractivity contribution in [1.82, 2.24) is 10.2 Å². The minimum atomic E-state index is 0.0186. The minimum Gasteiger partial charge on any atom is -0.444 e. The summed E-state index contributed by atoms with van der Waals surface area (Å²) in [5.41, 5.74) is 1.07. The number of carbonyl (C=O) groups excluding carboxylic acids is 1. The third-order valence-corrected chi connectivity index (χ3v) is 7.17. The first-order chi connectivity index (χ1) is 14.3. The van der Waals surface area contributed by atoms with Crippen LogP contribution in [0.2, 0.25) is 0 Å². The zero-order valence-electron chi connectivity index (χ0n) is 16.5. The number of benzene rings is 1. The topological polar surface area (TPSA) is 54.0 Å². The Bertz CT molecular complexity index is 856. The van der Waals surface area contributed by atoms with E-state index in [9.17, 15) is 4.79 Å². The zero-order chi connectivity index (χ0) is 19.6. The summed E-state index contributed by atoms with van der Waals surface area (Å²) >= 11 is 1.41. The number of morpholine rings is 1. The van der Waals surface area contributed by atoms with Gasteiger partial charge in [0.25, 0.3) is 5.91 Å². The second-order valence-corrected chi connectivity index (χ2v) is 9.05. The molecule has 6 nitrogen and oxygen atoms in total. The highest BCUT2D eigenvalue weighted by Gasteiger charge is 2.35. The van der Waals surface area contributed by atoms with E-state index in [1.807, 2.05) is 30.3 Å². The van der Waals surface area contributed by atoms with E-state index in [1.165, 1.54) is 37.3 Å². The number of amides is 1. The van der Waals surface area contributed by atoms with Gasteiger partial charge in [0.1, 0.15) is 0 Å². The molecule has 2 bridgehead atoms. The Hall–Kier alpha value is -2.09. The lowest BCUT2D eigenvalue weighted by Gasteiger charge is -2.44. The maximum atomic E-state index is 12.8. The van der Waals surface area contributed by atoms with Crippen molar-refractivity contribution in [3.05, 3.63) is 41.3 Å². The van der Waals surface area contributed by atoms with Gasteiger partial charge in [-0.25, -0.2) is 0 Å². The van der Waals surface area contributed by atoms with Gasteiger partial charge < -0.3 is 24.6 Å². The lowest BCUT2D eigenvalue weighted by molar-refractivity contribution is 0.0622. The highest BCUT2D eigenvalue weighted by molar-refractivity contribution is 7.15. The first-order valence-electron chi connectivity index (χ1n) is 10.5. The van der Waals surface area contributed by atoms with Gasteiger partial charge in [0, 0.05) is 25.7 Å². The van der Waals surface area contributed by atoms with Crippen molar-refractivity contribution in [1.29, 1.82) is 0 Å². The molecule has 6 rings (SSSR count). The van der Waals surface area contributed by atoms with Crippen LogP contribution in [0.5, 0.6) is 10.8 Å². The second kappa shape index (κ2) is 8.34. The number of thiophene rings is 1. The summed E-state index contributed by atoms with van der Waals surface area (Å²) in [5.74, 6) is 1.46. The van der Waals surface area contributed by atoms with Crippen molar-refractivity contribution >= 4 is 22.9 Å². The first-order valence-corrected chi connectivity index (χ1v) is 11.3. The van der Waals surface area contributed by atoms with Gasteiger partial charge in [-0.05, 0) is 56.1 Å². The Labute approximate surface area is 175 Å². The van der Waals surface area contributed by atoms with E-state index < -0.39 is 0 Å². The molecular weight excluding hydrogens is 386 g/mol. The summed E-state index contributed by atoms with van der Waals surface area (Å²) in [6.07, 6.45) is 2.39. The highest BCUT2D eigenvalue weighted by Crippen LogP contribution is 2.36. The fraction of sp³-hybridized carbons (Fsp3) is 0.500. The number of nitrogens with one attached hydrogen (secondary N) is 1. The standard InChI is InChI=1S/C22H27N3O3S/c26-22(23-17-15-24-9-7-16(17)8-10-24)20-5-6-21(29-20)28-19-4-2-1-3-18(19)25-11-13-27-14-12-25/h1-6,16-17H,7-15H2,(H,23,26)/t17-/m0/s1. The number of fused-ring (bicyclic) bond motifs is 3. The quantitative estimate of drug-likeness (QED) is 0.816. The Morgan fingerprint density at radius 3 is 2.62 bits per heavy atom. The molecule has 0 spiro atoms. The van der Waals surface area contributed by atoms with Crippen molar-refractivity contribution in [3.8, 4) is 10.8 Å². The number of rotatable bonds is 5. The normalized spacial score (nSPS) is 26.3. The summed E-state index contributed by atoms with van der Waals surface area (Å²) in [6.45, 7) is 6.52. The van der Waals surface area contributed by atoms with Crippen molar-refractivity contribution in [2.24, 2.45) is 5.92 Å². The Kier molecular flexibility index (Phi) is 5.44. The molecule has 1 atom stereocenters. The van der Waals surface area contributed by atoms with Crippen molar-refractivity contribution in [3.63, 3.8) is 0 Å². The van der Waals surface area contributed by atoms with E-state index in [0.29, 0.717) is 10.8 Å². The van der Waals surface area contributed by atoms with Crippen LogP contribution in [-0.4, -0.2) is 62.8 Å². The number of hydrogen-bond donors (Lipinski definition) is 1. The van der Waals surface area contributed by atoms with Gasteiger partial charge in [-0.2, -0.15) is 0 Å². The van der Waals surface area contributed by atoms with Gasteiger partial charge in [-0.3, -0.25) is 4.79 Å². The van der Waals surface area contributed by atoms with E-state index in [1.54, 1.807) is 0 Å². The lowest BCUT2D eigenvalue weighted by atomic mass is 9.84. The van der Waals surface area contributed by atoms with Gasteiger partial charge in [-0.1, -0.05) is 23.5 Å². The van der Waals surface area contributed by atoms with E-state index in [4.69, 9.17) is 9.47 Å². The highest BCUT2D eigenvalue weighted by atomic mass is 32.1. The van der Waals surface area contributed by atoms with E-state index in [0.717, 1.165) is 49.3 Å². The molecule has 1 N–H and O–H groups in total. The predicted octanol–water partition coefficient (Wildman–Crippen LogP) is 3.20. The van der Waals surface area contributed by atoms with Gasteiger partial charge in [0.15, 0.2) is 10.8 Å². The predicted molar refractivity (Wildman–Crippen MR) is 114 cm³/mol. The van der Waals surface area contributed by atoms with Crippen LogP contribution in [0.15, 0.2) is 36.4 Å². The van der Waals surface area contributed by atoms with Crippen LogP contribution < -0.4 is 15.0 Å². The number of piperidine rings is 3. The van der Waals surface area contributed by atoms with E-state index in [-0.39, 0.29) is 11.9 Å². The van der Waals surface area contributed by atoms with E-state index in [2.05, 4.69) is 21.2 Å². The molecule has 4 saturated heterocycles. The molecule has 2 aromatic rings. The molecule has 0 unspecified atom stereocenters. The Balaban J connectivity index is 1.25. The summed E-state index contributed by atoms with van der Waals surface area (Å²) in [6, 6.07) is 12.1. The average Bonchev–Trinajstić information content (AvgIpc) is 3.24. The van der Waals surface area contributed by atoms with Crippen LogP contribution in [0.1, 0.15) is 22.5 Å². The third kappa shape index (κ3) is 4.13. The maximum Gasteiger partial charge on any atom is 0.261 e. The zero-order valence-corrected chi connectivity index (χ0v) is 17.3. The number of nitrogens with zero attached hydrogens (tertiary/aromatic N) is 2. The van der Waals surface area contributed by atoms with Gasteiger partial charge in [0.05, 0.1) is 23.8 Å². The molecule has 5 heterocycles. The smallest absolute Gasteiger partial charge is 0.261 e. The fourth-order valence-corrected chi connectivity index (χ4v) is 5.35. The number of ether oxygens (including phenoxy) is 2. The van der Waals surface area contributed by atoms with Crippen molar-refractivity contribution in [2.75, 3.05) is 50.8 Å². The molecule has 154 valence electrons. The van der Waals surface area contributed by atoms with Crippen LogP contribution in [0.25, 0.3) is 0 Å². The monoisotopic (exact) mass is 413 g/mol. The van der Waals surface area contributed by atoms with Gasteiger partial charge in [0.2, 0.25) is 0 Å². The largest absolute Gasteiger partial charge is 0.444 e. The van der Waals surface area contributed by atoms with Crippen molar-refractivity contribution in [2.45, 2.75) is 18.9 Å². The average molecular weight is 414 g/mol. The Morgan fingerprint density at radius 2 is 1.86 bits per heavy atom. The molecule has 29 heavy (non-hydrogen) atoms. The number of anilines is 1. The molecule has 4 aliphatic heterocycles. The Morgan fingerprint density at radius 1 is 1.07 bits per heavy atom. The lowest BCUT2D eigenvalue weighted by Crippen LogP contribution is -2.57. The minimum absolute atomic E-state index is 0.0186. The number of para-hydroxylation sites is 2. The van der Waals surface area contributed by atoms with Crippen LogP contribution in [0.4, 0.5) is 5.69 Å². The molecule has 4 aliphatic rings. The molecule has 0 aliphatic carbocycles. The van der Waals surface area contributed by atoms with Crippen LogP contribution in [-0.2, 0) is 4.74 Å². The molecule has 7 heteroatoms. The molecule has 4 fully saturated rings. The number of hydrogen-bond acceptors (Lipinski definition) is 6. The van der Waals surface area contributed by atoms with Crippen molar-refractivity contribution < 1.29 is 14.3 Å². The molecular formula is C22H27N3O3S. The third-order valence-electron chi connectivity index (χ3n) is 6.21. The summed E-state index contributed by atoms with van der Waals surface area (Å²) < 4.78 is 11.6. The molecule has 0 radical (unpaired) electrons. The maximum absolute atomic E-state index is 12.8. The molecule has 1 aromatic carbocycles. The summed E-state index contributed by atoms with van der Waals surface area (Å²) in [4.78, 5) is 18.2. The number of carbonyl (C=O) groups is 1. The fourth-order valence-electron chi connectivity index (χ4n) is 4.58. The van der Waals surface area contributed by atoms with Gasteiger partial charge >= 0.3 is 0 Å². The van der Waals surface area contributed by atoms with Gasteiger partial charge in [-0.15, -0.1) is 0 Å². The SMILES string of the molecule is O=C(N[C@H]1CN2CCC1CC2)c1ccc(Oc2ccccc2N2CCOCC2)s1. The summed E-state index contributed by atoms with van der Waals surface area (Å²) in [5, 5.41) is 4.00. The van der Waals surface area contributed by atoms with Crippen LogP contribution >= 0.6 is 11.3 Å². The first kappa shape index (κ1) is 18.9. The summed E-state index contributed by atoms with van der Waals surface area (Å²) in [7, 11) is 0.